The quantitative estimate of drug-likeness (QED) is 0.533. The normalized spacial score (nSPS) is 21.0. The van der Waals surface area contributed by atoms with Crippen LogP contribution in [0.5, 0.6) is 17.2 Å². The molecule has 2 atom stereocenters. The van der Waals surface area contributed by atoms with Crippen molar-refractivity contribution in [2.45, 2.75) is 45.8 Å². The number of ether oxygens (including phenoxy) is 3. The molecule has 2 heterocycles. The number of carbonyl (C=O) groups excluding carboxylic acids is 3. The summed E-state index contributed by atoms with van der Waals surface area (Å²) in [4.78, 5) is 43.5. The Kier molecular flexibility index (Phi) is 7.69. The molecule has 9 heteroatoms. The molecule has 0 saturated carbocycles. The fourth-order valence-electron chi connectivity index (χ4n) is 5.72. The zero-order valence-electron chi connectivity index (χ0n) is 23.3. The number of quaternary nitrogens is 1. The Balaban J connectivity index is 1.71. The van der Waals surface area contributed by atoms with Gasteiger partial charge in [0, 0.05) is 32.5 Å². The van der Waals surface area contributed by atoms with Crippen LogP contribution in [0.2, 0.25) is 0 Å². The molecule has 1 fully saturated rings. The maximum Gasteiger partial charge on any atom is 0.332 e. The number of nitrogens with one attached hydrogen (secondary N) is 1. The van der Waals surface area contributed by atoms with Crippen LogP contribution < -0.4 is 19.1 Å². The van der Waals surface area contributed by atoms with E-state index in [0.717, 1.165) is 44.5 Å². The van der Waals surface area contributed by atoms with Crippen LogP contribution in [0.4, 0.5) is 4.79 Å². The number of barbiturate groups is 1. The molecule has 0 aromatic heterocycles. The highest BCUT2D eigenvalue weighted by Gasteiger charge is 2.58. The van der Waals surface area contributed by atoms with E-state index in [9.17, 15) is 14.4 Å². The van der Waals surface area contributed by atoms with Crippen LogP contribution in [0.3, 0.4) is 0 Å². The molecule has 2 aromatic rings. The molecule has 38 heavy (non-hydrogen) atoms. The van der Waals surface area contributed by atoms with Crippen LogP contribution in [0.15, 0.2) is 36.4 Å². The van der Waals surface area contributed by atoms with E-state index in [1.54, 1.807) is 14.2 Å². The van der Waals surface area contributed by atoms with Crippen molar-refractivity contribution in [3.63, 3.8) is 0 Å². The van der Waals surface area contributed by atoms with Crippen LogP contribution in [-0.4, -0.2) is 75.2 Å². The summed E-state index contributed by atoms with van der Waals surface area (Å²) in [6, 6.07) is 10.9. The maximum atomic E-state index is 13.8. The Morgan fingerprint density at radius 2 is 1.55 bits per heavy atom. The van der Waals surface area contributed by atoms with Crippen molar-refractivity contribution in [2.24, 2.45) is 5.41 Å². The Bertz CT molecular complexity index is 1200. The van der Waals surface area contributed by atoms with Gasteiger partial charge in [0.15, 0.2) is 16.9 Å². The number of carbonyl (C=O) groups is 3. The lowest BCUT2D eigenvalue weighted by Crippen LogP contribution is -3.15. The number of hydrogen-bond acceptors (Lipinski definition) is 6. The summed E-state index contributed by atoms with van der Waals surface area (Å²) < 4.78 is 16.8. The van der Waals surface area contributed by atoms with E-state index in [1.165, 1.54) is 19.7 Å². The van der Waals surface area contributed by atoms with E-state index in [-0.39, 0.29) is 25.1 Å². The van der Waals surface area contributed by atoms with Crippen LogP contribution in [0.25, 0.3) is 0 Å². The van der Waals surface area contributed by atoms with Gasteiger partial charge in [0.2, 0.25) is 0 Å². The molecule has 9 nitrogen and oxygen atoms in total. The zero-order chi connectivity index (χ0) is 27.8. The molecule has 4 amide bonds. The molecule has 0 spiro atoms. The number of benzene rings is 2. The highest BCUT2D eigenvalue weighted by Crippen LogP contribution is 2.36. The largest absolute Gasteiger partial charge is 0.493 e. The molecule has 2 aliphatic heterocycles. The Hall–Kier alpha value is -3.59. The standard InChI is InChI=1S/C29H37N3O6/c1-18(2)38-22-10-8-20(9-11-22)16-29(26(33)30(4)28(35)31(5)27(29)34)17-32-13-12-21-14-24(36-6)25(37-7)15-23(21)19(32)3/h8-11,14-15,18-19H,12-13,16-17H2,1-7H3/p+1/t19-/m0/s1. The van der Waals surface area contributed by atoms with Crippen molar-refractivity contribution >= 4 is 17.8 Å². The lowest BCUT2D eigenvalue weighted by molar-refractivity contribution is -0.935. The van der Waals surface area contributed by atoms with E-state index >= 15 is 0 Å². The van der Waals surface area contributed by atoms with Gasteiger partial charge >= 0.3 is 6.03 Å². The second-order valence-electron chi connectivity index (χ2n) is 10.5. The number of fused-ring (bicyclic) bond motifs is 1. The predicted molar refractivity (Wildman–Crippen MR) is 142 cm³/mol. The minimum absolute atomic E-state index is 0.00825. The fourth-order valence-corrected chi connectivity index (χ4v) is 5.72. The molecular weight excluding hydrogens is 486 g/mol. The molecule has 1 unspecified atom stereocenters. The number of urea groups is 1. The Morgan fingerprint density at radius 1 is 0.974 bits per heavy atom. The van der Waals surface area contributed by atoms with E-state index in [2.05, 4.69) is 6.92 Å². The van der Waals surface area contributed by atoms with Crippen molar-refractivity contribution < 1.29 is 33.5 Å². The molecule has 1 N–H and O–H groups in total. The first kappa shape index (κ1) is 27.4. The highest BCUT2D eigenvalue weighted by atomic mass is 16.5. The zero-order valence-corrected chi connectivity index (χ0v) is 23.3. The molecule has 0 aliphatic carbocycles. The predicted octanol–water partition coefficient (Wildman–Crippen LogP) is 2.27. The van der Waals surface area contributed by atoms with Crippen molar-refractivity contribution in [3.8, 4) is 17.2 Å². The van der Waals surface area contributed by atoms with Gasteiger partial charge in [0.1, 0.15) is 18.3 Å². The van der Waals surface area contributed by atoms with Gasteiger partial charge in [-0.15, -0.1) is 0 Å². The van der Waals surface area contributed by atoms with Gasteiger partial charge in [-0.3, -0.25) is 19.4 Å². The first-order chi connectivity index (χ1) is 18.0. The summed E-state index contributed by atoms with van der Waals surface area (Å²) >= 11 is 0. The topological polar surface area (TPSA) is 89.8 Å². The van der Waals surface area contributed by atoms with Crippen molar-refractivity contribution in [1.82, 2.24) is 9.80 Å². The smallest absolute Gasteiger partial charge is 0.332 e. The molecule has 0 bridgehead atoms. The summed E-state index contributed by atoms with van der Waals surface area (Å²) in [6.07, 6.45) is 0.983. The Labute approximate surface area is 224 Å². The second-order valence-corrected chi connectivity index (χ2v) is 10.5. The monoisotopic (exact) mass is 524 g/mol. The Morgan fingerprint density at radius 3 is 2.11 bits per heavy atom. The summed E-state index contributed by atoms with van der Waals surface area (Å²) in [5.74, 6) is 1.12. The molecule has 4 rings (SSSR count). The third kappa shape index (κ3) is 4.82. The minimum atomic E-state index is -1.42. The van der Waals surface area contributed by atoms with E-state index in [0.29, 0.717) is 11.5 Å². The van der Waals surface area contributed by atoms with E-state index in [1.807, 2.05) is 50.2 Å². The van der Waals surface area contributed by atoms with Crippen LogP contribution >= 0.6 is 0 Å². The van der Waals surface area contributed by atoms with Crippen LogP contribution in [-0.2, 0) is 22.4 Å². The molecule has 0 radical (unpaired) electrons. The molecule has 2 aliphatic rings. The van der Waals surface area contributed by atoms with Gasteiger partial charge in [-0.1, -0.05) is 12.1 Å². The third-order valence-electron chi connectivity index (χ3n) is 7.77. The molecule has 1 saturated heterocycles. The van der Waals surface area contributed by atoms with Gasteiger partial charge < -0.3 is 19.1 Å². The van der Waals surface area contributed by atoms with Crippen molar-refractivity contribution in [2.75, 3.05) is 41.4 Å². The van der Waals surface area contributed by atoms with Gasteiger partial charge in [-0.2, -0.15) is 0 Å². The summed E-state index contributed by atoms with van der Waals surface area (Å²) in [7, 11) is 6.12. The average molecular weight is 525 g/mol. The molecule has 2 aromatic carbocycles. The van der Waals surface area contributed by atoms with E-state index < -0.39 is 23.3 Å². The number of hydrogen-bond donors (Lipinski definition) is 1. The first-order valence-electron chi connectivity index (χ1n) is 13.0. The lowest BCUT2D eigenvalue weighted by atomic mass is 9.76. The molecular formula is C29H38N3O6+. The average Bonchev–Trinajstić information content (AvgIpc) is 2.91. The third-order valence-corrected chi connectivity index (χ3v) is 7.77. The summed E-state index contributed by atoms with van der Waals surface area (Å²) in [5, 5.41) is 0. The number of methoxy groups -OCH3 is 2. The van der Waals surface area contributed by atoms with Crippen molar-refractivity contribution in [3.05, 3.63) is 53.1 Å². The van der Waals surface area contributed by atoms with Gasteiger partial charge in [0.05, 0.1) is 26.9 Å². The van der Waals surface area contributed by atoms with Gasteiger partial charge in [-0.25, -0.2) is 4.79 Å². The van der Waals surface area contributed by atoms with Crippen LogP contribution in [0.1, 0.15) is 43.5 Å². The number of imide groups is 2. The molecule has 204 valence electrons. The summed E-state index contributed by atoms with van der Waals surface area (Å²) in [6.45, 7) is 7.00. The second kappa shape index (κ2) is 10.6. The van der Waals surface area contributed by atoms with Crippen LogP contribution in [0, 0.1) is 5.41 Å². The summed E-state index contributed by atoms with van der Waals surface area (Å²) in [5.41, 5.74) is 1.67. The van der Waals surface area contributed by atoms with Gasteiger partial charge in [-0.05, 0) is 56.2 Å². The van der Waals surface area contributed by atoms with E-state index in [4.69, 9.17) is 14.2 Å². The van der Waals surface area contributed by atoms with Crippen molar-refractivity contribution in [1.29, 1.82) is 0 Å². The number of nitrogens with zero attached hydrogens (tertiary/aromatic N) is 2. The SMILES string of the molecule is COc1cc2c(cc1OC)[C@H](C)[NH+](CC1(Cc3ccc(OC(C)C)cc3)C(=O)N(C)C(=O)N(C)C1=O)CC2. The first-order valence-corrected chi connectivity index (χ1v) is 13.0. The fraction of sp³-hybridized carbons (Fsp3) is 0.483. The lowest BCUT2D eigenvalue weighted by Gasteiger charge is -2.44. The van der Waals surface area contributed by atoms with Gasteiger partial charge in [0.25, 0.3) is 11.8 Å². The minimum Gasteiger partial charge on any atom is -0.493 e. The number of amides is 4. The highest BCUT2D eigenvalue weighted by molar-refractivity contribution is 6.19. The number of rotatable bonds is 8. The maximum absolute atomic E-state index is 13.8.